The smallest absolute Gasteiger partial charge is 0.273 e. The summed E-state index contributed by atoms with van der Waals surface area (Å²) in [6, 6.07) is 5.82. The molecule has 0 unspecified atom stereocenters. The fourth-order valence-electron chi connectivity index (χ4n) is 2.28. The number of nitro groups is 1. The quantitative estimate of drug-likeness (QED) is 0.608. The summed E-state index contributed by atoms with van der Waals surface area (Å²) in [4.78, 5) is 10.4. The van der Waals surface area contributed by atoms with Crippen LogP contribution < -0.4 is 4.72 Å². The minimum atomic E-state index is -3.70. The first-order chi connectivity index (χ1) is 10.8. The number of aromatic nitrogens is 2. The molecular weight excluding hydrogens is 320 g/mol. The Labute approximate surface area is 134 Å². The number of para-hydroxylation sites is 1. The molecule has 0 bridgehead atoms. The summed E-state index contributed by atoms with van der Waals surface area (Å²) in [5.41, 5.74) is 1.57. The van der Waals surface area contributed by atoms with Crippen molar-refractivity contribution in [3.63, 3.8) is 0 Å². The standard InChI is InChI=1S/C14H18N4O4S/c1-3-13-12(9-17(2)16-13)8-15-23(21,22)10-11-6-4-5-7-14(11)18(19)20/h4-7,9,15H,3,8,10H2,1-2H3. The summed E-state index contributed by atoms with van der Waals surface area (Å²) in [7, 11) is -1.93. The van der Waals surface area contributed by atoms with Crippen LogP contribution in [0.15, 0.2) is 30.5 Å². The molecule has 0 spiro atoms. The zero-order valence-corrected chi connectivity index (χ0v) is 13.7. The van der Waals surface area contributed by atoms with E-state index in [4.69, 9.17) is 0 Å². The van der Waals surface area contributed by atoms with Crippen molar-refractivity contribution in [1.29, 1.82) is 0 Å². The number of rotatable bonds is 7. The van der Waals surface area contributed by atoms with Gasteiger partial charge in [0.25, 0.3) is 5.69 Å². The third-order valence-corrected chi connectivity index (χ3v) is 4.62. The van der Waals surface area contributed by atoms with E-state index in [1.807, 2.05) is 6.92 Å². The zero-order valence-electron chi connectivity index (χ0n) is 12.9. The van der Waals surface area contributed by atoms with Crippen LogP contribution >= 0.6 is 0 Å². The molecule has 2 aromatic rings. The van der Waals surface area contributed by atoms with E-state index in [1.54, 1.807) is 24.0 Å². The van der Waals surface area contributed by atoms with Crippen molar-refractivity contribution in [1.82, 2.24) is 14.5 Å². The maximum atomic E-state index is 12.2. The molecule has 0 aliphatic carbocycles. The molecule has 0 atom stereocenters. The highest BCUT2D eigenvalue weighted by molar-refractivity contribution is 7.88. The van der Waals surface area contributed by atoms with E-state index in [9.17, 15) is 18.5 Å². The maximum Gasteiger partial charge on any atom is 0.273 e. The summed E-state index contributed by atoms with van der Waals surface area (Å²) in [5.74, 6) is -0.439. The van der Waals surface area contributed by atoms with Gasteiger partial charge in [0.2, 0.25) is 10.0 Å². The fourth-order valence-corrected chi connectivity index (χ4v) is 3.41. The van der Waals surface area contributed by atoms with Gasteiger partial charge in [0.05, 0.1) is 16.4 Å². The van der Waals surface area contributed by atoms with Crippen molar-refractivity contribution in [2.24, 2.45) is 7.05 Å². The second-order valence-electron chi connectivity index (χ2n) is 5.09. The average molecular weight is 338 g/mol. The number of benzene rings is 1. The molecule has 0 aliphatic heterocycles. The van der Waals surface area contributed by atoms with Crippen LogP contribution in [0.1, 0.15) is 23.7 Å². The van der Waals surface area contributed by atoms with Gasteiger partial charge in [-0.15, -0.1) is 0 Å². The highest BCUT2D eigenvalue weighted by Gasteiger charge is 2.20. The van der Waals surface area contributed by atoms with Crippen molar-refractivity contribution < 1.29 is 13.3 Å². The SMILES string of the molecule is CCc1nn(C)cc1CNS(=O)(=O)Cc1ccccc1[N+](=O)[O-]. The number of aryl methyl sites for hydroxylation is 2. The summed E-state index contributed by atoms with van der Waals surface area (Å²) < 4.78 is 28.5. The molecule has 23 heavy (non-hydrogen) atoms. The predicted octanol–water partition coefficient (Wildman–Crippen LogP) is 1.51. The monoisotopic (exact) mass is 338 g/mol. The molecular formula is C14H18N4O4S. The third-order valence-electron chi connectivity index (χ3n) is 3.34. The van der Waals surface area contributed by atoms with E-state index in [2.05, 4.69) is 9.82 Å². The van der Waals surface area contributed by atoms with Gasteiger partial charge in [-0.2, -0.15) is 5.10 Å². The van der Waals surface area contributed by atoms with Crippen molar-refractivity contribution in [3.05, 3.63) is 57.4 Å². The third kappa shape index (κ3) is 4.36. The first kappa shape index (κ1) is 17.1. The predicted molar refractivity (Wildman–Crippen MR) is 85.1 cm³/mol. The topological polar surface area (TPSA) is 107 Å². The maximum absolute atomic E-state index is 12.2. The molecule has 124 valence electrons. The summed E-state index contributed by atoms with van der Waals surface area (Å²) in [6.45, 7) is 2.05. The zero-order chi connectivity index (χ0) is 17.0. The van der Waals surface area contributed by atoms with E-state index < -0.39 is 20.7 Å². The lowest BCUT2D eigenvalue weighted by atomic mass is 10.2. The minimum Gasteiger partial charge on any atom is -0.275 e. The summed E-state index contributed by atoms with van der Waals surface area (Å²) in [6.07, 6.45) is 2.45. The van der Waals surface area contributed by atoms with Crippen LogP contribution in [0.2, 0.25) is 0 Å². The lowest BCUT2D eigenvalue weighted by Gasteiger charge is -2.07. The molecule has 2 rings (SSSR count). The van der Waals surface area contributed by atoms with Crippen LogP contribution in [-0.4, -0.2) is 23.1 Å². The second kappa shape index (κ2) is 6.88. The summed E-state index contributed by atoms with van der Waals surface area (Å²) >= 11 is 0. The molecule has 1 N–H and O–H groups in total. The van der Waals surface area contributed by atoms with E-state index in [0.717, 1.165) is 11.3 Å². The Morgan fingerprint density at radius 3 is 2.65 bits per heavy atom. The molecule has 0 saturated carbocycles. The molecule has 1 heterocycles. The largest absolute Gasteiger partial charge is 0.275 e. The van der Waals surface area contributed by atoms with Crippen LogP contribution in [0.25, 0.3) is 0 Å². The Hall–Kier alpha value is -2.26. The molecule has 9 heteroatoms. The van der Waals surface area contributed by atoms with Crippen molar-refractivity contribution in [3.8, 4) is 0 Å². The van der Waals surface area contributed by atoms with Crippen LogP contribution in [-0.2, 0) is 35.8 Å². The fraction of sp³-hybridized carbons (Fsp3) is 0.357. The Kier molecular flexibility index (Phi) is 5.12. The second-order valence-corrected chi connectivity index (χ2v) is 6.90. The van der Waals surface area contributed by atoms with Crippen LogP contribution in [0.4, 0.5) is 5.69 Å². The number of nitrogens with one attached hydrogen (secondary N) is 1. The first-order valence-electron chi connectivity index (χ1n) is 7.03. The molecule has 8 nitrogen and oxygen atoms in total. The average Bonchev–Trinajstić information content (AvgIpc) is 2.85. The molecule has 0 fully saturated rings. The number of hydrogen-bond acceptors (Lipinski definition) is 5. The van der Waals surface area contributed by atoms with Crippen molar-refractivity contribution in [2.45, 2.75) is 25.6 Å². The minimum absolute atomic E-state index is 0.111. The van der Waals surface area contributed by atoms with Crippen LogP contribution in [0.3, 0.4) is 0 Å². The molecule has 0 amide bonds. The van der Waals surface area contributed by atoms with E-state index in [1.165, 1.54) is 18.2 Å². The van der Waals surface area contributed by atoms with Crippen molar-refractivity contribution in [2.75, 3.05) is 0 Å². The number of sulfonamides is 1. The Bertz CT molecular complexity index is 814. The lowest BCUT2D eigenvalue weighted by molar-refractivity contribution is -0.385. The Morgan fingerprint density at radius 1 is 1.30 bits per heavy atom. The first-order valence-corrected chi connectivity index (χ1v) is 8.68. The normalized spacial score (nSPS) is 11.6. The van der Waals surface area contributed by atoms with Gasteiger partial charge in [0.15, 0.2) is 0 Å². The lowest BCUT2D eigenvalue weighted by Crippen LogP contribution is -2.25. The van der Waals surface area contributed by atoms with Crippen molar-refractivity contribution >= 4 is 15.7 Å². The molecule has 0 saturated heterocycles. The molecule has 0 radical (unpaired) electrons. The van der Waals surface area contributed by atoms with Gasteiger partial charge in [-0.3, -0.25) is 14.8 Å². The van der Waals surface area contributed by atoms with Gasteiger partial charge < -0.3 is 0 Å². The summed E-state index contributed by atoms with van der Waals surface area (Å²) in [5, 5.41) is 15.2. The van der Waals surface area contributed by atoms with E-state index in [0.29, 0.717) is 6.42 Å². The highest BCUT2D eigenvalue weighted by Crippen LogP contribution is 2.20. The Morgan fingerprint density at radius 2 is 2.00 bits per heavy atom. The number of nitrogens with zero attached hydrogens (tertiary/aromatic N) is 3. The van der Waals surface area contributed by atoms with Gasteiger partial charge in [-0.25, -0.2) is 13.1 Å². The number of nitro benzene ring substituents is 1. The van der Waals surface area contributed by atoms with Gasteiger partial charge >= 0.3 is 0 Å². The van der Waals surface area contributed by atoms with E-state index in [-0.39, 0.29) is 17.8 Å². The van der Waals surface area contributed by atoms with Crippen LogP contribution in [0.5, 0.6) is 0 Å². The molecule has 0 aliphatic rings. The highest BCUT2D eigenvalue weighted by atomic mass is 32.2. The van der Waals surface area contributed by atoms with Gasteiger partial charge in [-0.05, 0) is 6.42 Å². The Balaban J connectivity index is 2.12. The number of hydrogen-bond donors (Lipinski definition) is 1. The molecule has 1 aromatic carbocycles. The van der Waals surface area contributed by atoms with Gasteiger partial charge in [0.1, 0.15) is 0 Å². The van der Waals surface area contributed by atoms with Gasteiger partial charge in [-0.1, -0.05) is 25.1 Å². The van der Waals surface area contributed by atoms with E-state index >= 15 is 0 Å². The van der Waals surface area contributed by atoms with Gasteiger partial charge in [0, 0.05) is 37.0 Å². The molecule has 1 aromatic heterocycles. The van der Waals surface area contributed by atoms with Crippen LogP contribution in [0, 0.1) is 10.1 Å².